The second-order valence-electron chi connectivity index (χ2n) is 8.66. The van der Waals surface area contributed by atoms with Crippen molar-refractivity contribution in [2.24, 2.45) is 5.92 Å². The first-order chi connectivity index (χ1) is 16.5. The number of ether oxygens (including phenoxy) is 2. The minimum atomic E-state index is -0.653. The molecule has 1 N–H and O–H groups in total. The molecule has 6 heteroatoms. The largest absolute Gasteiger partial charge is 0.465 e. The molecule has 0 aliphatic heterocycles. The van der Waals surface area contributed by atoms with Crippen LogP contribution in [0.25, 0.3) is 11.1 Å². The monoisotopic (exact) mass is 479 g/mol. The Labute approximate surface area is 206 Å². The van der Waals surface area contributed by atoms with Crippen LogP contribution >= 0.6 is 11.3 Å². The van der Waals surface area contributed by atoms with Crippen molar-refractivity contribution < 1.29 is 19.1 Å². The van der Waals surface area contributed by atoms with Crippen molar-refractivity contribution in [1.29, 1.82) is 0 Å². The van der Waals surface area contributed by atoms with Crippen molar-refractivity contribution in [3.05, 3.63) is 82.6 Å². The highest BCUT2D eigenvalue weighted by Crippen LogP contribution is 2.23. The summed E-state index contributed by atoms with van der Waals surface area (Å²) in [7, 11) is 0. The predicted molar refractivity (Wildman–Crippen MR) is 136 cm³/mol. The molecule has 2 atom stereocenters. The quantitative estimate of drug-likeness (QED) is 0.341. The summed E-state index contributed by atoms with van der Waals surface area (Å²) in [6, 6.07) is 18.5. The molecule has 2 aromatic carbocycles. The molecule has 5 nitrogen and oxygen atoms in total. The van der Waals surface area contributed by atoms with Gasteiger partial charge in [-0.25, -0.2) is 0 Å². The summed E-state index contributed by atoms with van der Waals surface area (Å²) in [6.45, 7) is 6.35. The number of esters is 2. The van der Waals surface area contributed by atoms with E-state index in [9.17, 15) is 9.59 Å². The molecule has 1 heterocycles. The van der Waals surface area contributed by atoms with Crippen LogP contribution in [0.1, 0.15) is 38.3 Å². The lowest BCUT2D eigenvalue weighted by molar-refractivity contribution is -0.150. The topological polar surface area (TPSA) is 64.6 Å². The van der Waals surface area contributed by atoms with Crippen molar-refractivity contribution in [2.75, 3.05) is 6.61 Å². The fourth-order valence-electron chi connectivity index (χ4n) is 3.73. The minimum Gasteiger partial charge on any atom is -0.465 e. The van der Waals surface area contributed by atoms with Crippen LogP contribution < -0.4 is 5.32 Å². The van der Waals surface area contributed by atoms with Gasteiger partial charge >= 0.3 is 11.9 Å². The van der Waals surface area contributed by atoms with Gasteiger partial charge in [-0.1, -0.05) is 68.4 Å². The Morgan fingerprint density at radius 2 is 1.56 bits per heavy atom. The van der Waals surface area contributed by atoms with E-state index < -0.39 is 12.1 Å². The average molecular weight is 480 g/mol. The van der Waals surface area contributed by atoms with Gasteiger partial charge in [-0.3, -0.25) is 14.9 Å². The molecule has 180 valence electrons. The summed E-state index contributed by atoms with van der Waals surface area (Å²) in [5.41, 5.74) is 4.22. The first kappa shape index (κ1) is 25.7. The lowest BCUT2D eigenvalue weighted by atomic mass is 9.99. The van der Waals surface area contributed by atoms with Crippen molar-refractivity contribution >= 4 is 23.3 Å². The van der Waals surface area contributed by atoms with Gasteiger partial charge in [-0.2, -0.15) is 11.3 Å². The Balaban J connectivity index is 1.71. The van der Waals surface area contributed by atoms with Crippen molar-refractivity contribution in [1.82, 2.24) is 5.32 Å². The molecule has 0 bridgehead atoms. The number of thiophene rings is 1. The van der Waals surface area contributed by atoms with E-state index in [0.717, 1.165) is 16.7 Å². The van der Waals surface area contributed by atoms with Crippen molar-refractivity contribution in [2.45, 2.75) is 52.3 Å². The van der Waals surface area contributed by atoms with Gasteiger partial charge in [0, 0.05) is 0 Å². The lowest BCUT2D eigenvalue weighted by Gasteiger charge is -2.25. The van der Waals surface area contributed by atoms with E-state index in [0.29, 0.717) is 12.8 Å². The Morgan fingerprint density at radius 3 is 2.18 bits per heavy atom. The zero-order chi connectivity index (χ0) is 24.3. The van der Waals surface area contributed by atoms with E-state index in [1.165, 1.54) is 5.56 Å². The van der Waals surface area contributed by atoms with Crippen LogP contribution in [0, 0.1) is 5.92 Å². The van der Waals surface area contributed by atoms with Gasteiger partial charge in [-0.15, -0.1) is 0 Å². The summed E-state index contributed by atoms with van der Waals surface area (Å²) in [6.07, 6.45) is 0.976. The smallest absolute Gasteiger partial charge is 0.323 e. The van der Waals surface area contributed by atoms with Gasteiger partial charge in [0.25, 0.3) is 0 Å². The maximum atomic E-state index is 13.0. The van der Waals surface area contributed by atoms with E-state index in [1.54, 1.807) is 18.3 Å². The van der Waals surface area contributed by atoms with Crippen LogP contribution in [-0.4, -0.2) is 30.6 Å². The molecular formula is C28H33NO4S. The number of hydrogen-bond acceptors (Lipinski definition) is 6. The summed E-state index contributed by atoms with van der Waals surface area (Å²) in [5.74, 6) is -0.483. The van der Waals surface area contributed by atoms with Crippen LogP contribution in [0.15, 0.2) is 71.4 Å². The standard InChI is InChI=1S/C28H33NO4S/c1-4-32-27(30)26(17-21-10-12-23(13-11-21)24-14-15-34-19-24)29-25(16-20(2)3)28(31)33-18-22-8-6-5-7-9-22/h5-15,19-20,25-26,29H,4,16-18H2,1-3H3/t25-,26?/m0/s1. The third-order valence-electron chi connectivity index (χ3n) is 5.44. The van der Waals surface area contributed by atoms with Crippen molar-refractivity contribution in [3.8, 4) is 11.1 Å². The second-order valence-corrected chi connectivity index (χ2v) is 9.44. The number of rotatable bonds is 12. The molecule has 0 aliphatic carbocycles. The Hall–Kier alpha value is -2.96. The molecule has 0 fully saturated rings. The van der Waals surface area contributed by atoms with Crippen LogP contribution in [0.2, 0.25) is 0 Å². The van der Waals surface area contributed by atoms with Crippen LogP contribution in [0.5, 0.6) is 0 Å². The fraction of sp³-hybridized carbons (Fsp3) is 0.357. The van der Waals surface area contributed by atoms with Gasteiger partial charge in [-0.05, 0) is 64.8 Å². The summed E-state index contributed by atoms with van der Waals surface area (Å²) >= 11 is 1.66. The average Bonchev–Trinajstić information content (AvgIpc) is 3.37. The molecule has 0 spiro atoms. The molecule has 1 aromatic heterocycles. The highest BCUT2D eigenvalue weighted by molar-refractivity contribution is 7.08. The highest BCUT2D eigenvalue weighted by Gasteiger charge is 2.29. The van der Waals surface area contributed by atoms with E-state index in [-0.39, 0.29) is 31.1 Å². The number of carbonyl (C=O) groups is 2. The van der Waals surface area contributed by atoms with Gasteiger partial charge in [0.2, 0.25) is 0 Å². The van der Waals surface area contributed by atoms with Crippen molar-refractivity contribution in [3.63, 3.8) is 0 Å². The van der Waals surface area contributed by atoms with Gasteiger partial charge < -0.3 is 9.47 Å². The maximum absolute atomic E-state index is 13.0. The highest BCUT2D eigenvalue weighted by atomic mass is 32.1. The molecule has 0 radical (unpaired) electrons. The first-order valence-corrected chi connectivity index (χ1v) is 12.6. The van der Waals surface area contributed by atoms with E-state index in [1.807, 2.05) is 56.3 Å². The molecule has 34 heavy (non-hydrogen) atoms. The van der Waals surface area contributed by atoms with E-state index in [2.05, 4.69) is 34.3 Å². The third-order valence-corrected chi connectivity index (χ3v) is 6.12. The van der Waals surface area contributed by atoms with Crippen LogP contribution in [0.4, 0.5) is 0 Å². The fourth-order valence-corrected chi connectivity index (χ4v) is 4.39. The summed E-state index contributed by atoms with van der Waals surface area (Å²) in [5, 5.41) is 7.41. The molecule has 0 aliphatic rings. The molecule has 0 saturated heterocycles. The Bertz CT molecular complexity index is 1020. The van der Waals surface area contributed by atoms with E-state index >= 15 is 0 Å². The van der Waals surface area contributed by atoms with Gasteiger partial charge in [0.05, 0.1) is 6.61 Å². The minimum absolute atomic E-state index is 0.198. The normalized spacial score (nSPS) is 12.8. The van der Waals surface area contributed by atoms with Gasteiger partial charge in [0.1, 0.15) is 18.7 Å². The maximum Gasteiger partial charge on any atom is 0.323 e. The summed E-state index contributed by atoms with van der Waals surface area (Å²) in [4.78, 5) is 25.7. The molecule has 3 aromatic rings. The van der Waals surface area contributed by atoms with E-state index in [4.69, 9.17) is 9.47 Å². The zero-order valence-corrected chi connectivity index (χ0v) is 20.8. The molecule has 0 amide bonds. The summed E-state index contributed by atoms with van der Waals surface area (Å²) < 4.78 is 10.9. The molecule has 3 rings (SSSR count). The Kier molecular flexibility index (Phi) is 9.86. The number of hydrogen-bond donors (Lipinski definition) is 1. The third kappa shape index (κ3) is 7.82. The second kappa shape index (κ2) is 13.1. The van der Waals surface area contributed by atoms with Crippen LogP contribution in [-0.2, 0) is 32.1 Å². The van der Waals surface area contributed by atoms with Crippen LogP contribution in [0.3, 0.4) is 0 Å². The molecule has 1 unspecified atom stereocenters. The SMILES string of the molecule is CCOC(=O)C(Cc1ccc(-c2ccsc2)cc1)N[C@@H](CC(C)C)C(=O)OCc1ccccc1. The van der Waals surface area contributed by atoms with Gasteiger partial charge in [0.15, 0.2) is 0 Å². The number of nitrogens with one attached hydrogen (secondary N) is 1. The molecule has 0 saturated carbocycles. The number of benzene rings is 2. The number of carbonyl (C=O) groups excluding carboxylic acids is 2. The first-order valence-electron chi connectivity index (χ1n) is 11.7. The lowest BCUT2D eigenvalue weighted by Crippen LogP contribution is -2.50. The Morgan fingerprint density at radius 1 is 0.853 bits per heavy atom. The zero-order valence-electron chi connectivity index (χ0n) is 20.0. The molecular weight excluding hydrogens is 446 g/mol. The predicted octanol–water partition coefficient (Wildman–Crippen LogP) is 5.64.